The Balaban J connectivity index is 0.940. The van der Waals surface area contributed by atoms with E-state index in [1.165, 1.54) is 93.5 Å². The van der Waals surface area contributed by atoms with Gasteiger partial charge in [-0.2, -0.15) is 0 Å². The quantitative estimate of drug-likeness (QED) is 0.153. The number of hydrogen-bond donors (Lipinski definition) is 0. The third kappa shape index (κ3) is 5.56. The van der Waals surface area contributed by atoms with Crippen molar-refractivity contribution in [1.29, 1.82) is 0 Å². The van der Waals surface area contributed by atoms with E-state index in [1.807, 2.05) is 0 Å². The third-order valence-electron chi connectivity index (χ3n) is 13.2. The van der Waals surface area contributed by atoms with Gasteiger partial charge in [-0.15, -0.1) is 0 Å². The van der Waals surface area contributed by atoms with Gasteiger partial charge >= 0.3 is 0 Å². The summed E-state index contributed by atoms with van der Waals surface area (Å²) in [5.41, 5.74) is 17.1. The fourth-order valence-electron chi connectivity index (χ4n) is 10.2. The maximum absolute atomic E-state index is 2.43. The first-order chi connectivity index (χ1) is 30.0. The van der Waals surface area contributed by atoms with E-state index in [2.05, 4.69) is 242 Å². The Hall–Kier alpha value is -7.68. The summed E-state index contributed by atoms with van der Waals surface area (Å²) in [5.74, 6) is 0. The van der Waals surface area contributed by atoms with Gasteiger partial charge in [-0.05, 0) is 133 Å². The van der Waals surface area contributed by atoms with Gasteiger partial charge in [0, 0.05) is 38.9 Å². The van der Waals surface area contributed by atoms with Crippen LogP contribution in [0.1, 0.15) is 25.0 Å². The van der Waals surface area contributed by atoms with E-state index in [1.54, 1.807) is 0 Å². The molecule has 2 heteroatoms. The molecular formula is C59H42N2. The standard InChI is InChI=1S/C59H42N2/c1-59(2)55-22-12-10-20-50(55)51-34-33-46(38-56(51)59)60(43-15-4-3-5-16-43)44-30-26-40(27-31-44)47-17-8-9-19-49(47)42-29-35-58-54(36-42)52-21-11-13-23-57(52)61(58)45-32-28-41-25-24-39-14-6-7-18-48(39)53(41)37-45/h3-38H,1-2H3. The normalized spacial score (nSPS) is 12.9. The first-order valence-electron chi connectivity index (χ1n) is 21.3. The topological polar surface area (TPSA) is 8.17 Å². The van der Waals surface area contributed by atoms with Crippen molar-refractivity contribution >= 4 is 60.4 Å². The highest BCUT2D eigenvalue weighted by Crippen LogP contribution is 2.51. The van der Waals surface area contributed by atoms with Gasteiger partial charge < -0.3 is 9.47 Å². The molecule has 288 valence electrons. The Labute approximate surface area is 356 Å². The fraction of sp³-hybridized carbons (Fsp3) is 0.0508. The van der Waals surface area contributed by atoms with Crippen LogP contribution in [0.3, 0.4) is 0 Å². The average molecular weight is 779 g/mol. The maximum Gasteiger partial charge on any atom is 0.0541 e. The fourth-order valence-corrected chi connectivity index (χ4v) is 10.2. The molecule has 1 aliphatic rings. The molecule has 0 spiro atoms. The van der Waals surface area contributed by atoms with Gasteiger partial charge in [-0.25, -0.2) is 0 Å². The Morgan fingerprint density at radius 3 is 1.74 bits per heavy atom. The summed E-state index contributed by atoms with van der Waals surface area (Å²) in [5, 5.41) is 7.56. The molecule has 1 aromatic heterocycles. The van der Waals surface area contributed by atoms with E-state index in [0.717, 1.165) is 17.1 Å². The van der Waals surface area contributed by atoms with Gasteiger partial charge in [-0.3, -0.25) is 0 Å². The molecular weight excluding hydrogens is 737 g/mol. The molecule has 11 aromatic rings. The van der Waals surface area contributed by atoms with E-state index < -0.39 is 0 Å². The van der Waals surface area contributed by atoms with Crippen LogP contribution in [-0.4, -0.2) is 4.57 Å². The van der Waals surface area contributed by atoms with Gasteiger partial charge in [-0.1, -0.05) is 166 Å². The third-order valence-corrected chi connectivity index (χ3v) is 13.2. The Morgan fingerprint density at radius 1 is 0.344 bits per heavy atom. The predicted octanol–water partition coefficient (Wildman–Crippen LogP) is 16.2. The van der Waals surface area contributed by atoms with Crippen molar-refractivity contribution in [3.8, 4) is 39.1 Å². The number of para-hydroxylation sites is 2. The zero-order valence-electron chi connectivity index (χ0n) is 34.2. The lowest BCUT2D eigenvalue weighted by atomic mass is 9.82. The van der Waals surface area contributed by atoms with Gasteiger partial charge in [0.2, 0.25) is 0 Å². The molecule has 2 nitrogen and oxygen atoms in total. The highest BCUT2D eigenvalue weighted by Gasteiger charge is 2.35. The largest absolute Gasteiger partial charge is 0.310 e. The van der Waals surface area contributed by atoms with Gasteiger partial charge in [0.25, 0.3) is 0 Å². The molecule has 10 aromatic carbocycles. The summed E-state index contributed by atoms with van der Waals surface area (Å²) in [7, 11) is 0. The summed E-state index contributed by atoms with van der Waals surface area (Å²) in [6.45, 7) is 4.70. The van der Waals surface area contributed by atoms with Crippen LogP contribution in [0, 0.1) is 0 Å². The van der Waals surface area contributed by atoms with Crippen molar-refractivity contribution in [1.82, 2.24) is 4.57 Å². The molecule has 0 bridgehead atoms. The van der Waals surface area contributed by atoms with E-state index in [9.17, 15) is 0 Å². The molecule has 12 rings (SSSR count). The molecule has 61 heavy (non-hydrogen) atoms. The smallest absolute Gasteiger partial charge is 0.0541 e. The van der Waals surface area contributed by atoms with Crippen LogP contribution < -0.4 is 4.90 Å². The highest BCUT2D eigenvalue weighted by molar-refractivity contribution is 6.12. The molecule has 0 saturated heterocycles. The van der Waals surface area contributed by atoms with Crippen LogP contribution in [0.2, 0.25) is 0 Å². The number of aromatic nitrogens is 1. The second-order valence-electron chi connectivity index (χ2n) is 16.9. The first kappa shape index (κ1) is 35.3. The molecule has 0 N–H and O–H groups in total. The molecule has 0 saturated carbocycles. The molecule has 0 aliphatic heterocycles. The van der Waals surface area contributed by atoms with Crippen molar-refractivity contribution in [3.63, 3.8) is 0 Å². The van der Waals surface area contributed by atoms with Crippen LogP contribution in [0.25, 0.3) is 82.4 Å². The van der Waals surface area contributed by atoms with E-state index in [4.69, 9.17) is 0 Å². The van der Waals surface area contributed by atoms with Crippen LogP contribution in [0.4, 0.5) is 17.1 Å². The minimum Gasteiger partial charge on any atom is -0.310 e. The van der Waals surface area contributed by atoms with Crippen LogP contribution in [0.5, 0.6) is 0 Å². The van der Waals surface area contributed by atoms with Crippen molar-refractivity contribution in [3.05, 3.63) is 230 Å². The second kappa shape index (κ2) is 13.7. The SMILES string of the molecule is CC1(C)c2ccccc2-c2ccc(N(c3ccccc3)c3ccc(-c4ccccc4-c4ccc5c(c4)c4ccccc4n5-c4ccc5ccc6ccccc6c5c4)cc3)cc21. The van der Waals surface area contributed by atoms with Gasteiger partial charge in [0.1, 0.15) is 0 Å². The molecule has 0 amide bonds. The van der Waals surface area contributed by atoms with Crippen molar-refractivity contribution < 1.29 is 0 Å². The Bertz CT molecular complexity index is 3500. The lowest BCUT2D eigenvalue weighted by Gasteiger charge is -2.28. The molecule has 1 heterocycles. The lowest BCUT2D eigenvalue weighted by Crippen LogP contribution is -2.16. The number of nitrogens with zero attached hydrogens (tertiary/aromatic N) is 2. The van der Waals surface area contributed by atoms with Crippen LogP contribution >= 0.6 is 0 Å². The second-order valence-corrected chi connectivity index (χ2v) is 16.9. The molecule has 0 fully saturated rings. The first-order valence-corrected chi connectivity index (χ1v) is 21.3. The van der Waals surface area contributed by atoms with Crippen LogP contribution in [0.15, 0.2) is 218 Å². The minimum absolute atomic E-state index is 0.0818. The number of anilines is 3. The van der Waals surface area contributed by atoms with Crippen molar-refractivity contribution in [2.75, 3.05) is 4.90 Å². The number of hydrogen-bond acceptors (Lipinski definition) is 1. The summed E-state index contributed by atoms with van der Waals surface area (Å²) < 4.78 is 2.43. The van der Waals surface area contributed by atoms with Crippen LogP contribution in [-0.2, 0) is 5.41 Å². The molecule has 0 atom stereocenters. The zero-order valence-corrected chi connectivity index (χ0v) is 34.2. The summed E-state index contributed by atoms with van der Waals surface area (Å²) in [4.78, 5) is 2.39. The molecule has 1 aliphatic carbocycles. The van der Waals surface area contributed by atoms with Crippen molar-refractivity contribution in [2.45, 2.75) is 19.3 Å². The Morgan fingerprint density at radius 2 is 0.918 bits per heavy atom. The minimum atomic E-state index is -0.0818. The number of fused-ring (bicyclic) bond motifs is 9. The number of benzene rings is 10. The summed E-state index contributed by atoms with van der Waals surface area (Å²) >= 11 is 0. The average Bonchev–Trinajstić information content (AvgIpc) is 3.77. The zero-order chi connectivity index (χ0) is 40.7. The Kier molecular flexibility index (Phi) is 7.92. The highest BCUT2D eigenvalue weighted by atomic mass is 15.1. The lowest BCUT2D eigenvalue weighted by molar-refractivity contribution is 0.660. The van der Waals surface area contributed by atoms with E-state index in [-0.39, 0.29) is 5.41 Å². The number of rotatable bonds is 6. The van der Waals surface area contributed by atoms with Crippen molar-refractivity contribution in [2.24, 2.45) is 0 Å². The van der Waals surface area contributed by atoms with Gasteiger partial charge in [0.05, 0.1) is 11.0 Å². The monoisotopic (exact) mass is 778 g/mol. The predicted molar refractivity (Wildman–Crippen MR) is 259 cm³/mol. The molecule has 0 unspecified atom stereocenters. The summed E-state index contributed by atoms with van der Waals surface area (Å²) in [6, 6.07) is 80.4. The van der Waals surface area contributed by atoms with E-state index in [0.29, 0.717) is 0 Å². The van der Waals surface area contributed by atoms with E-state index >= 15 is 0 Å². The molecule has 0 radical (unpaired) electrons. The maximum atomic E-state index is 2.43. The summed E-state index contributed by atoms with van der Waals surface area (Å²) in [6.07, 6.45) is 0. The van der Waals surface area contributed by atoms with Gasteiger partial charge in [0.15, 0.2) is 0 Å².